The lowest BCUT2D eigenvalue weighted by Gasteiger charge is -2.38. The first-order valence-corrected chi connectivity index (χ1v) is 10.4. The first-order chi connectivity index (χ1) is 11.8. The van der Waals surface area contributed by atoms with Crippen LogP contribution in [-0.4, -0.2) is 44.4 Å². The van der Waals surface area contributed by atoms with Crippen molar-refractivity contribution >= 4 is 15.9 Å². The van der Waals surface area contributed by atoms with Crippen LogP contribution in [0, 0.1) is 5.92 Å². The van der Waals surface area contributed by atoms with Gasteiger partial charge in [0, 0.05) is 30.7 Å². The molecule has 3 atom stereocenters. The molecule has 1 fully saturated rings. The third-order valence-corrected chi connectivity index (χ3v) is 6.50. The predicted octanol–water partition coefficient (Wildman–Crippen LogP) is 1.96. The summed E-state index contributed by atoms with van der Waals surface area (Å²) in [6.45, 7) is 7.05. The highest BCUT2D eigenvalue weighted by Gasteiger charge is 2.29. The summed E-state index contributed by atoms with van der Waals surface area (Å²) in [5.41, 5.74) is 6.33. The normalized spacial score (nSPS) is 22.6. The molecule has 2 rings (SSSR count). The Kier molecular flexibility index (Phi) is 6.59. The van der Waals surface area contributed by atoms with Gasteiger partial charge in [-0.3, -0.25) is 4.79 Å². The number of nitrogens with two attached hydrogens (primary N) is 1. The van der Waals surface area contributed by atoms with Crippen LogP contribution in [0.5, 0.6) is 0 Å². The Labute approximate surface area is 150 Å². The molecule has 3 N–H and O–H groups in total. The van der Waals surface area contributed by atoms with Crippen molar-refractivity contribution < 1.29 is 13.2 Å². The molecule has 0 aliphatic carbocycles. The number of hydrogen-bond acceptors (Lipinski definition) is 4. The van der Waals surface area contributed by atoms with Crippen molar-refractivity contribution in [3.05, 3.63) is 29.8 Å². The molecule has 1 aromatic rings. The van der Waals surface area contributed by atoms with E-state index in [1.807, 2.05) is 18.7 Å². The zero-order valence-electron chi connectivity index (χ0n) is 15.2. The first-order valence-electron chi connectivity index (χ1n) is 8.92. The van der Waals surface area contributed by atoms with Gasteiger partial charge in [-0.1, -0.05) is 13.8 Å². The number of carbonyl (C=O) groups is 1. The lowest BCUT2D eigenvalue weighted by atomic mass is 9.92. The van der Waals surface area contributed by atoms with E-state index in [0.29, 0.717) is 31.0 Å². The highest BCUT2D eigenvalue weighted by Crippen LogP contribution is 2.24. The molecule has 1 aromatic carbocycles. The van der Waals surface area contributed by atoms with Crippen LogP contribution in [0.15, 0.2) is 29.2 Å². The minimum absolute atomic E-state index is 0.0479. The Morgan fingerprint density at radius 3 is 2.56 bits per heavy atom. The average Bonchev–Trinajstić information content (AvgIpc) is 2.60. The van der Waals surface area contributed by atoms with E-state index >= 15 is 0 Å². The zero-order chi connectivity index (χ0) is 18.6. The summed E-state index contributed by atoms with van der Waals surface area (Å²) >= 11 is 0. The van der Waals surface area contributed by atoms with Crippen LogP contribution in [0.1, 0.15) is 50.4 Å². The number of hydrogen-bond donors (Lipinski definition) is 2. The van der Waals surface area contributed by atoms with Crippen LogP contribution in [0.3, 0.4) is 0 Å². The van der Waals surface area contributed by atoms with E-state index in [1.165, 1.54) is 12.1 Å². The lowest BCUT2D eigenvalue weighted by molar-refractivity contribution is 0.0573. The fraction of sp³-hybridized carbons (Fsp3) is 0.611. The Morgan fingerprint density at radius 2 is 2.00 bits per heavy atom. The standard InChI is InChI=1S/C18H29N3O3S/c1-4-14(3)20-25(23,24)17-7-5-15(6-8-17)18(22)21-10-9-13(2)11-16(21)12-19/h5-8,13-14,16,20H,4,9-12,19H2,1-3H3. The second-order valence-corrected chi connectivity index (χ2v) is 8.69. The molecule has 7 heteroatoms. The van der Waals surface area contributed by atoms with Crippen LogP contribution in [0.4, 0.5) is 0 Å². The molecule has 1 heterocycles. The highest BCUT2D eigenvalue weighted by molar-refractivity contribution is 7.89. The molecular formula is C18H29N3O3S. The minimum Gasteiger partial charge on any atom is -0.334 e. The number of amides is 1. The molecule has 1 aliphatic rings. The third kappa shape index (κ3) is 4.80. The Hall–Kier alpha value is -1.44. The fourth-order valence-corrected chi connectivity index (χ4v) is 4.43. The number of carbonyl (C=O) groups excluding carboxylic acids is 1. The van der Waals surface area contributed by atoms with Gasteiger partial charge < -0.3 is 10.6 Å². The van der Waals surface area contributed by atoms with Crippen LogP contribution < -0.4 is 10.5 Å². The SMILES string of the molecule is CCC(C)NS(=O)(=O)c1ccc(C(=O)N2CCC(C)CC2CN)cc1. The summed E-state index contributed by atoms with van der Waals surface area (Å²) in [5.74, 6) is 0.484. The summed E-state index contributed by atoms with van der Waals surface area (Å²) in [6.07, 6.45) is 2.59. The lowest BCUT2D eigenvalue weighted by Crippen LogP contribution is -2.49. The molecule has 0 spiro atoms. The molecule has 0 aromatic heterocycles. The monoisotopic (exact) mass is 367 g/mol. The van der Waals surface area contributed by atoms with E-state index in [4.69, 9.17) is 5.73 Å². The van der Waals surface area contributed by atoms with E-state index < -0.39 is 10.0 Å². The zero-order valence-corrected chi connectivity index (χ0v) is 16.1. The molecule has 1 amide bonds. The average molecular weight is 368 g/mol. The van der Waals surface area contributed by atoms with E-state index in [9.17, 15) is 13.2 Å². The Bertz CT molecular complexity index is 688. The Balaban J connectivity index is 2.15. The van der Waals surface area contributed by atoms with Crippen molar-refractivity contribution in [2.45, 2.75) is 57.0 Å². The van der Waals surface area contributed by atoms with Crippen molar-refractivity contribution in [2.24, 2.45) is 11.7 Å². The summed E-state index contributed by atoms with van der Waals surface area (Å²) in [5, 5.41) is 0. The van der Waals surface area contributed by atoms with Crippen molar-refractivity contribution in [1.29, 1.82) is 0 Å². The molecule has 0 bridgehead atoms. The maximum Gasteiger partial charge on any atom is 0.254 e. The van der Waals surface area contributed by atoms with Crippen LogP contribution in [-0.2, 0) is 10.0 Å². The van der Waals surface area contributed by atoms with Gasteiger partial charge in [-0.05, 0) is 56.4 Å². The van der Waals surface area contributed by atoms with E-state index in [0.717, 1.165) is 12.8 Å². The summed E-state index contributed by atoms with van der Waals surface area (Å²) in [7, 11) is -3.56. The molecule has 1 aliphatic heterocycles. The number of likely N-dealkylation sites (tertiary alicyclic amines) is 1. The van der Waals surface area contributed by atoms with Crippen LogP contribution in [0.2, 0.25) is 0 Å². The number of nitrogens with zero attached hydrogens (tertiary/aromatic N) is 1. The van der Waals surface area contributed by atoms with Gasteiger partial charge in [0.15, 0.2) is 0 Å². The third-order valence-electron chi connectivity index (χ3n) is 4.89. The quantitative estimate of drug-likeness (QED) is 0.804. The topological polar surface area (TPSA) is 92.5 Å². The summed E-state index contributed by atoms with van der Waals surface area (Å²) in [4.78, 5) is 14.8. The maximum atomic E-state index is 12.8. The van der Waals surface area contributed by atoms with Gasteiger partial charge in [0.05, 0.1) is 4.90 Å². The van der Waals surface area contributed by atoms with Gasteiger partial charge in [0.25, 0.3) is 5.91 Å². The van der Waals surface area contributed by atoms with Gasteiger partial charge in [-0.2, -0.15) is 0 Å². The van der Waals surface area contributed by atoms with Crippen molar-refractivity contribution in [3.8, 4) is 0 Å². The maximum absolute atomic E-state index is 12.8. The van der Waals surface area contributed by atoms with E-state index in [2.05, 4.69) is 11.6 Å². The van der Waals surface area contributed by atoms with Crippen molar-refractivity contribution in [3.63, 3.8) is 0 Å². The first kappa shape index (κ1) is 19.9. The number of piperidine rings is 1. The summed E-state index contributed by atoms with van der Waals surface area (Å²) < 4.78 is 27.2. The second kappa shape index (κ2) is 8.29. The predicted molar refractivity (Wildman–Crippen MR) is 98.8 cm³/mol. The molecule has 25 heavy (non-hydrogen) atoms. The van der Waals surface area contributed by atoms with Crippen molar-refractivity contribution in [1.82, 2.24) is 9.62 Å². The van der Waals surface area contributed by atoms with Crippen LogP contribution >= 0.6 is 0 Å². The minimum atomic E-state index is -3.56. The number of sulfonamides is 1. The molecule has 3 unspecified atom stereocenters. The number of nitrogens with one attached hydrogen (secondary N) is 1. The van der Waals surface area contributed by atoms with E-state index in [-0.39, 0.29) is 22.9 Å². The second-order valence-electron chi connectivity index (χ2n) is 6.97. The Morgan fingerprint density at radius 1 is 1.36 bits per heavy atom. The molecular weight excluding hydrogens is 338 g/mol. The van der Waals surface area contributed by atoms with Gasteiger partial charge in [0.1, 0.15) is 0 Å². The van der Waals surface area contributed by atoms with E-state index in [1.54, 1.807) is 12.1 Å². The molecule has 6 nitrogen and oxygen atoms in total. The molecule has 140 valence electrons. The van der Waals surface area contributed by atoms with Crippen molar-refractivity contribution in [2.75, 3.05) is 13.1 Å². The van der Waals surface area contributed by atoms with Gasteiger partial charge in [0.2, 0.25) is 10.0 Å². The number of rotatable bonds is 6. The van der Waals surface area contributed by atoms with Gasteiger partial charge in [-0.25, -0.2) is 13.1 Å². The number of benzene rings is 1. The molecule has 0 saturated carbocycles. The molecule has 1 saturated heterocycles. The highest BCUT2D eigenvalue weighted by atomic mass is 32.2. The van der Waals surface area contributed by atoms with Gasteiger partial charge in [-0.15, -0.1) is 0 Å². The largest absolute Gasteiger partial charge is 0.334 e. The smallest absolute Gasteiger partial charge is 0.254 e. The van der Waals surface area contributed by atoms with Gasteiger partial charge >= 0.3 is 0 Å². The molecule has 0 radical (unpaired) electrons. The summed E-state index contributed by atoms with van der Waals surface area (Å²) in [6, 6.07) is 6.06. The fourth-order valence-electron chi connectivity index (χ4n) is 3.10. The van der Waals surface area contributed by atoms with Crippen LogP contribution in [0.25, 0.3) is 0 Å².